The first-order chi connectivity index (χ1) is 8.76. The summed E-state index contributed by atoms with van der Waals surface area (Å²) in [4.78, 5) is 13.5. The smallest absolute Gasteiger partial charge is 0.410 e. The fourth-order valence-corrected chi connectivity index (χ4v) is 1.96. The number of nitrogens with zero attached hydrogens (tertiary/aromatic N) is 1. The van der Waals surface area contributed by atoms with Crippen molar-refractivity contribution in [1.82, 2.24) is 4.90 Å². The van der Waals surface area contributed by atoms with E-state index >= 15 is 0 Å². The van der Waals surface area contributed by atoms with E-state index in [0.717, 1.165) is 0 Å². The summed E-state index contributed by atoms with van der Waals surface area (Å²) >= 11 is 0. The first-order valence-corrected chi connectivity index (χ1v) is 6.65. The number of hydrogen-bond acceptors (Lipinski definition) is 5. The van der Waals surface area contributed by atoms with Crippen molar-refractivity contribution in [3.05, 3.63) is 0 Å². The van der Waals surface area contributed by atoms with E-state index in [1.165, 1.54) is 4.90 Å². The van der Waals surface area contributed by atoms with Gasteiger partial charge in [-0.25, -0.2) is 4.79 Å². The van der Waals surface area contributed by atoms with E-state index in [-0.39, 0.29) is 19.8 Å². The van der Waals surface area contributed by atoms with Gasteiger partial charge in [-0.2, -0.15) is 0 Å². The van der Waals surface area contributed by atoms with Crippen LogP contribution < -0.4 is 0 Å². The van der Waals surface area contributed by atoms with Gasteiger partial charge in [-0.1, -0.05) is 0 Å². The number of amides is 1. The Labute approximate surface area is 114 Å². The maximum absolute atomic E-state index is 12.0. The topological polar surface area (TPSA) is 79.2 Å². The van der Waals surface area contributed by atoms with Crippen LogP contribution in [0, 0.1) is 0 Å². The van der Waals surface area contributed by atoms with E-state index in [1.54, 1.807) is 20.8 Å². The zero-order valence-electron chi connectivity index (χ0n) is 12.0. The molecule has 0 aromatic carbocycles. The van der Waals surface area contributed by atoms with Crippen LogP contribution in [0.25, 0.3) is 0 Å². The van der Waals surface area contributed by atoms with Crippen LogP contribution >= 0.6 is 0 Å². The minimum absolute atomic E-state index is 0.00868. The first kappa shape index (κ1) is 16.2. The summed E-state index contributed by atoms with van der Waals surface area (Å²) in [5.41, 5.74) is -1.68. The molecule has 6 nitrogen and oxygen atoms in total. The molecule has 0 bridgehead atoms. The van der Waals surface area contributed by atoms with Gasteiger partial charge in [-0.05, 0) is 33.6 Å². The Balaban J connectivity index is 2.65. The minimum atomic E-state index is -1.11. The van der Waals surface area contributed by atoms with Gasteiger partial charge in [-0.3, -0.25) is 0 Å². The lowest BCUT2D eigenvalue weighted by atomic mass is 9.98. The van der Waals surface area contributed by atoms with Crippen molar-refractivity contribution in [2.45, 2.75) is 44.8 Å². The summed E-state index contributed by atoms with van der Waals surface area (Å²) in [6.45, 7) is 6.53. The molecule has 1 aliphatic rings. The Hall–Kier alpha value is -0.850. The third-order valence-electron chi connectivity index (χ3n) is 2.81. The number of carbonyl (C=O) groups is 1. The number of aliphatic hydroxyl groups excluding tert-OH is 1. The molecule has 112 valence electrons. The van der Waals surface area contributed by atoms with Gasteiger partial charge in [0.1, 0.15) is 11.2 Å². The van der Waals surface area contributed by atoms with Crippen molar-refractivity contribution in [2.24, 2.45) is 0 Å². The summed E-state index contributed by atoms with van der Waals surface area (Å²) in [5, 5.41) is 19.3. The van der Waals surface area contributed by atoms with Crippen molar-refractivity contribution < 1.29 is 24.5 Å². The predicted molar refractivity (Wildman–Crippen MR) is 69.9 cm³/mol. The summed E-state index contributed by atoms with van der Waals surface area (Å²) in [6.07, 6.45) is 0.422. The molecule has 1 fully saturated rings. The molecule has 6 heteroatoms. The highest BCUT2D eigenvalue weighted by atomic mass is 16.6. The second kappa shape index (κ2) is 6.54. The largest absolute Gasteiger partial charge is 0.444 e. The van der Waals surface area contributed by atoms with Crippen molar-refractivity contribution in [3.8, 4) is 0 Å². The highest BCUT2D eigenvalue weighted by molar-refractivity contribution is 5.68. The van der Waals surface area contributed by atoms with Crippen LogP contribution in [0.4, 0.5) is 4.79 Å². The molecule has 1 aliphatic heterocycles. The first-order valence-electron chi connectivity index (χ1n) is 6.65. The van der Waals surface area contributed by atoms with Crippen LogP contribution in [0.1, 0.15) is 33.6 Å². The predicted octanol–water partition coefficient (Wildman–Crippen LogP) is 0.757. The normalized spacial score (nSPS) is 25.0. The van der Waals surface area contributed by atoms with Crippen molar-refractivity contribution in [3.63, 3.8) is 0 Å². The van der Waals surface area contributed by atoms with Gasteiger partial charge >= 0.3 is 6.09 Å². The van der Waals surface area contributed by atoms with Crippen molar-refractivity contribution >= 4 is 6.09 Å². The quantitative estimate of drug-likeness (QED) is 0.795. The number of rotatable bonds is 3. The Morgan fingerprint density at radius 2 is 2.16 bits per heavy atom. The lowest BCUT2D eigenvalue weighted by molar-refractivity contribution is -0.0481. The second-order valence-electron chi connectivity index (χ2n) is 6.01. The van der Waals surface area contributed by atoms with Gasteiger partial charge < -0.3 is 24.6 Å². The molecule has 1 heterocycles. The Kier molecular flexibility index (Phi) is 5.58. The molecule has 19 heavy (non-hydrogen) atoms. The van der Waals surface area contributed by atoms with Gasteiger partial charge in [0.05, 0.1) is 19.8 Å². The third-order valence-corrected chi connectivity index (χ3v) is 2.81. The van der Waals surface area contributed by atoms with Gasteiger partial charge in [0, 0.05) is 13.2 Å². The van der Waals surface area contributed by atoms with E-state index in [4.69, 9.17) is 14.6 Å². The molecule has 1 atom stereocenters. The molecule has 0 aliphatic carbocycles. The van der Waals surface area contributed by atoms with E-state index in [2.05, 4.69) is 0 Å². The molecule has 0 saturated carbocycles. The molecule has 1 amide bonds. The monoisotopic (exact) mass is 275 g/mol. The van der Waals surface area contributed by atoms with Gasteiger partial charge in [0.25, 0.3) is 0 Å². The lowest BCUT2D eigenvalue weighted by Gasteiger charge is -2.32. The molecule has 0 aromatic heterocycles. The van der Waals surface area contributed by atoms with Crippen molar-refractivity contribution in [1.29, 1.82) is 0 Å². The van der Waals surface area contributed by atoms with Gasteiger partial charge in [-0.15, -0.1) is 0 Å². The molecule has 0 spiro atoms. The molecule has 1 saturated heterocycles. The van der Waals surface area contributed by atoms with E-state index < -0.39 is 17.3 Å². The molecule has 2 N–H and O–H groups in total. The maximum atomic E-state index is 12.0. The summed E-state index contributed by atoms with van der Waals surface area (Å²) in [6, 6.07) is 0. The number of aliphatic hydroxyl groups is 2. The highest BCUT2D eigenvalue weighted by Crippen LogP contribution is 2.20. The summed E-state index contributed by atoms with van der Waals surface area (Å²) < 4.78 is 10.6. The minimum Gasteiger partial charge on any atom is -0.444 e. The second-order valence-corrected chi connectivity index (χ2v) is 6.01. The van der Waals surface area contributed by atoms with E-state index in [1.807, 2.05) is 0 Å². The fraction of sp³-hybridized carbons (Fsp3) is 0.923. The summed E-state index contributed by atoms with van der Waals surface area (Å²) in [7, 11) is 0. The summed E-state index contributed by atoms with van der Waals surface area (Å²) in [5.74, 6) is 0. The lowest BCUT2D eigenvalue weighted by Crippen LogP contribution is -2.48. The number of β-amino-alcohol motifs (C(OH)–C–C–N with tert-alkyl or cyclic N) is 1. The Morgan fingerprint density at radius 3 is 2.74 bits per heavy atom. The molecular formula is C13H25NO5. The fourth-order valence-electron chi connectivity index (χ4n) is 1.96. The Bertz CT molecular complexity index is 302. The number of carbonyl (C=O) groups excluding carboxylic acids is 1. The Morgan fingerprint density at radius 1 is 1.47 bits per heavy atom. The van der Waals surface area contributed by atoms with Crippen LogP contribution in [0.3, 0.4) is 0 Å². The van der Waals surface area contributed by atoms with Crippen LogP contribution in [-0.2, 0) is 9.47 Å². The zero-order valence-corrected chi connectivity index (χ0v) is 12.0. The van der Waals surface area contributed by atoms with E-state index in [9.17, 15) is 9.90 Å². The average Bonchev–Trinajstić information content (AvgIpc) is 2.47. The molecule has 0 aromatic rings. The van der Waals surface area contributed by atoms with Crippen LogP contribution in [-0.4, -0.2) is 65.3 Å². The van der Waals surface area contributed by atoms with Crippen molar-refractivity contribution in [2.75, 3.05) is 32.9 Å². The standard InChI is InChI=1S/C13H25NO5/c1-12(2,3)19-11(16)14-6-8-18-10-13(17,9-14)5-4-7-15/h15,17H,4-10H2,1-3H3. The van der Waals surface area contributed by atoms with Crippen LogP contribution in [0.2, 0.25) is 0 Å². The number of hydrogen-bond donors (Lipinski definition) is 2. The zero-order chi connectivity index (χ0) is 14.5. The maximum Gasteiger partial charge on any atom is 0.410 e. The number of ether oxygens (including phenoxy) is 2. The highest BCUT2D eigenvalue weighted by Gasteiger charge is 2.35. The molecule has 1 unspecified atom stereocenters. The third kappa shape index (κ3) is 5.76. The molecule has 1 rings (SSSR count). The SMILES string of the molecule is CC(C)(C)OC(=O)N1CCOCC(O)(CCCO)C1. The van der Waals surface area contributed by atoms with Crippen LogP contribution in [0.5, 0.6) is 0 Å². The molecular weight excluding hydrogens is 250 g/mol. The molecule has 0 radical (unpaired) electrons. The van der Waals surface area contributed by atoms with E-state index in [0.29, 0.717) is 26.0 Å². The average molecular weight is 275 g/mol. The van der Waals surface area contributed by atoms with Gasteiger partial charge in [0.15, 0.2) is 0 Å². The van der Waals surface area contributed by atoms with Crippen LogP contribution in [0.15, 0.2) is 0 Å². The van der Waals surface area contributed by atoms with Gasteiger partial charge in [0.2, 0.25) is 0 Å².